The summed E-state index contributed by atoms with van der Waals surface area (Å²) in [6, 6.07) is 28.9. The van der Waals surface area contributed by atoms with E-state index in [4.69, 9.17) is 9.47 Å². The van der Waals surface area contributed by atoms with Gasteiger partial charge in [-0.1, -0.05) is 66.7 Å². The van der Waals surface area contributed by atoms with Crippen molar-refractivity contribution in [3.05, 3.63) is 101 Å². The van der Waals surface area contributed by atoms with Crippen LogP contribution >= 0.6 is 15.9 Å². The van der Waals surface area contributed by atoms with Gasteiger partial charge in [0.1, 0.15) is 6.61 Å². The van der Waals surface area contributed by atoms with Gasteiger partial charge in [-0.3, -0.25) is 0 Å². The van der Waals surface area contributed by atoms with Crippen molar-refractivity contribution in [2.75, 3.05) is 12.4 Å². The van der Waals surface area contributed by atoms with Gasteiger partial charge >= 0.3 is 0 Å². The van der Waals surface area contributed by atoms with Crippen LogP contribution in [0.2, 0.25) is 0 Å². The first-order valence-corrected chi connectivity index (χ1v) is 10.3. The first-order chi connectivity index (χ1) is 14.2. The highest BCUT2D eigenvalue weighted by Crippen LogP contribution is 2.37. The van der Waals surface area contributed by atoms with Gasteiger partial charge in [0.25, 0.3) is 0 Å². The molecule has 0 spiro atoms. The Morgan fingerprint density at radius 3 is 2.41 bits per heavy atom. The summed E-state index contributed by atoms with van der Waals surface area (Å²) in [6.07, 6.45) is 0. The Morgan fingerprint density at radius 2 is 1.59 bits per heavy atom. The molecule has 146 valence electrons. The standard InChI is InChI=1S/C25H22BrNO2/c1-28-24-15-19(14-22(26)25(24)29-17-18-8-3-2-4-9-18)16-27-23-13-7-11-20-10-5-6-12-21(20)23/h2-15,27H,16-17H2,1H3. The first kappa shape index (κ1) is 19.3. The van der Waals surface area contributed by atoms with E-state index < -0.39 is 0 Å². The van der Waals surface area contributed by atoms with Crippen molar-refractivity contribution in [3.8, 4) is 11.5 Å². The van der Waals surface area contributed by atoms with E-state index in [0.717, 1.165) is 21.3 Å². The number of hydrogen-bond acceptors (Lipinski definition) is 3. The molecule has 0 fully saturated rings. The van der Waals surface area contributed by atoms with Crippen LogP contribution in [0.5, 0.6) is 11.5 Å². The van der Waals surface area contributed by atoms with E-state index in [-0.39, 0.29) is 0 Å². The van der Waals surface area contributed by atoms with Crippen molar-refractivity contribution >= 4 is 32.4 Å². The zero-order valence-corrected chi connectivity index (χ0v) is 17.8. The molecule has 0 aliphatic carbocycles. The Kier molecular flexibility index (Phi) is 6.01. The van der Waals surface area contributed by atoms with Crippen LogP contribution in [-0.2, 0) is 13.2 Å². The van der Waals surface area contributed by atoms with Gasteiger partial charge in [0, 0.05) is 17.6 Å². The summed E-state index contributed by atoms with van der Waals surface area (Å²) in [5.74, 6) is 1.43. The molecule has 4 heteroatoms. The molecule has 0 atom stereocenters. The quantitative estimate of drug-likeness (QED) is 0.337. The maximum atomic E-state index is 6.03. The molecule has 0 aromatic heterocycles. The summed E-state index contributed by atoms with van der Waals surface area (Å²) < 4.78 is 12.5. The van der Waals surface area contributed by atoms with Gasteiger partial charge < -0.3 is 14.8 Å². The number of methoxy groups -OCH3 is 1. The Morgan fingerprint density at radius 1 is 0.828 bits per heavy atom. The third-order valence-corrected chi connectivity index (χ3v) is 5.38. The van der Waals surface area contributed by atoms with Crippen molar-refractivity contribution < 1.29 is 9.47 Å². The normalized spacial score (nSPS) is 10.7. The number of benzene rings is 4. The summed E-state index contributed by atoms with van der Waals surface area (Å²) in [5.41, 5.74) is 3.33. The molecule has 4 aromatic rings. The van der Waals surface area contributed by atoms with E-state index in [1.807, 2.05) is 36.4 Å². The van der Waals surface area contributed by atoms with Crippen LogP contribution in [0.15, 0.2) is 89.4 Å². The molecule has 4 aromatic carbocycles. The number of nitrogens with one attached hydrogen (secondary N) is 1. The molecular formula is C25H22BrNO2. The maximum absolute atomic E-state index is 6.03. The number of fused-ring (bicyclic) bond motifs is 1. The second kappa shape index (κ2) is 9.01. The predicted molar refractivity (Wildman–Crippen MR) is 123 cm³/mol. The second-order valence-corrected chi connectivity index (χ2v) is 7.62. The lowest BCUT2D eigenvalue weighted by atomic mass is 10.1. The molecule has 0 bridgehead atoms. The Bertz CT molecular complexity index is 1110. The Balaban J connectivity index is 1.52. The molecule has 0 saturated carbocycles. The fourth-order valence-corrected chi connectivity index (χ4v) is 3.93. The van der Waals surface area contributed by atoms with Crippen LogP contribution in [0.25, 0.3) is 10.8 Å². The third kappa shape index (κ3) is 4.54. The number of anilines is 1. The minimum atomic E-state index is 0.489. The SMILES string of the molecule is COc1cc(CNc2cccc3ccccc23)cc(Br)c1OCc1ccccc1. The van der Waals surface area contributed by atoms with E-state index in [1.54, 1.807) is 7.11 Å². The van der Waals surface area contributed by atoms with Gasteiger partial charge in [-0.05, 0) is 50.6 Å². The Hall–Kier alpha value is -2.98. The molecule has 0 heterocycles. The lowest BCUT2D eigenvalue weighted by Crippen LogP contribution is -2.03. The average Bonchev–Trinajstić information content (AvgIpc) is 2.77. The largest absolute Gasteiger partial charge is 0.493 e. The van der Waals surface area contributed by atoms with Crippen molar-refractivity contribution in [2.45, 2.75) is 13.2 Å². The lowest BCUT2D eigenvalue weighted by Gasteiger charge is -2.16. The fraction of sp³-hybridized carbons (Fsp3) is 0.120. The number of halogens is 1. The minimum absolute atomic E-state index is 0.489. The van der Waals surface area contributed by atoms with Crippen LogP contribution in [0.3, 0.4) is 0 Å². The predicted octanol–water partition coefficient (Wildman–Crippen LogP) is 6.80. The molecule has 4 rings (SSSR count). The van der Waals surface area contributed by atoms with E-state index in [0.29, 0.717) is 24.7 Å². The molecule has 0 saturated heterocycles. The molecule has 0 amide bonds. The summed E-state index contributed by atoms with van der Waals surface area (Å²) in [6.45, 7) is 1.17. The van der Waals surface area contributed by atoms with Crippen molar-refractivity contribution in [2.24, 2.45) is 0 Å². The molecule has 0 aliphatic rings. The third-order valence-electron chi connectivity index (χ3n) is 4.79. The van der Waals surface area contributed by atoms with Crippen molar-refractivity contribution in [1.82, 2.24) is 0 Å². The highest BCUT2D eigenvalue weighted by atomic mass is 79.9. The van der Waals surface area contributed by atoms with Crippen LogP contribution < -0.4 is 14.8 Å². The average molecular weight is 448 g/mol. The number of rotatable bonds is 7. The van der Waals surface area contributed by atoms with Gasteiger partial charge in [0.15, 0.2) is 11.5 Å². The zero-order valence-electron chi connectivity index (χ0n) is 16.2. The molecule has 0 radical (unpaired) electrons. The molecular weight excluding hydrogens is 426 g/mol. The monoisotopic (exact) mass is 447 g/mol. The van der Waals surface area contributed by atoms with Gasteiger partial charge in [-0.15, -0.1) is 0 Å². The highest BCUT2D eigenvalue weighted by Gasteiger charge is 2.12. The smallest absolute Gasteiger partial charge is 0.175 e. The van der Waals surface area contributed by atoms with Crippen LogP contribution in [0.4, 0.5) is 5.69 Å². The number of ether oxygens (including phenoxy) is 2. The van der Waals surface area contributed by atoms with Gasteiger partial charge in [-0.25, -0.2) is 0 Å². The highest BCUT2D eigenvalue weighted by molar-refractivity contribution is 9.10. The molecule has 3 nitrogen and oxygen atoms in total. The molecule has 0 unspecified atom stereocenters. The van der Waals surface area contributed by atoms with Gasteiger partial charge in [-0.2, -0.15) is 0 Å². The first-order valence-electron chi connectivity index (χ1n) is 9.49. The lowest BCUT2D eigenvalue weighted by molar-refractivity contribution is 0.282. The van der Waals surface area contributed by atoms with Crippen LogP contribution in [-0.4, -0.2) is 7.11 Å². The van der Waals surface area contributed by atoms with Crippen LogP contribution in [0, 0.1) is 0 Å². The molecule has 1 N–H and O–H groups in total. The van der Waals surface area contributed by atoms with Gasteiger partial charge in [0.05, 0.1) is 11.6 Å². The fourth-order valence-electron chi connectivity index (χ4n) is 3.32. The van der Waals surface area contributed by atoms with Crippen LogP contribution in [0.1, 0.15) is 11.1 Å². The summed E-state index contributed by atoms with van der Waals surface area (Å²) in [7, 11) is 1.67. The van der Waals surface area contributed by atoms with Crippen molar-refractivity contribution in [3.63, 3.8) is 0 Å². The topological polar surface area (TPSA) is 30.5 Å². The van der Waals surface area contributed by atoms with Crippen molar-refractivity contribution in [1.29, 1.82) is 0 Å². The zero-order chi connectivity index (χ0) is 20.1. The minimum Gasteiger partial charge on any atom is -0.493 e. The molecule has 29 heavy (non-hydrogen) atoms. The van der Waals surface area contributed by atoms with Gasteiger partial charge in [0.2, 0.25) is 0 Å². The van der Waals surface area contributed by atoms with E-state index in [1.165, 1.54) is 10.8 Å². The maximum Gasteiger partial charge on any atom is 0.175 e. The van der Waals surface area contributed by atoms with E-state index in [9.17, 15) is 0 Å². The second-order valence-electron chi connectivity index (χ2n) is 6.76. The van der Waals surface area contributed by atoms with E-state index >= 15 is 0 Å². The summed E-state index contributed by atoms with van der Waals surface area (Å²) >= 11 is 3.65. The summed E-state index contributed by atoms with van der Waals surface area (Å²) in [5, 5.41) is 5.98. The number of hydrogen-bond donors (Lipinski definition) is 1. The summed E-state index contributed by atoms with van der Waals surface area (Å²) in [4.78, 5) is 0. The molecule has 0 aliphatic heterocycles. The Labute approximate surface area is 179 Å². The van der Waals surface area contributed by atoms with E-state index in [2.05, 4.69) is 69.8 Å².